The molecule has 196 valence electrons. The lowest BCUT2D eigenvalue weighted by molar-refractivity contribution is 0.237. The summed E-state index contributed by atoms with van der Waals surface area (Å²) in [5.41, 5.74) is 10.3. The van der Waals surface area contributed by atoms with Crippen molar-refractivity contribution in [3.05, 3.63) is 63.0 Å². The Bertz CT molecular complexity index is 1140. The minimum Gasteiger partial charge on any atom is -0.653 e. The standard InChI is InChI=1S/C34H50N2/c1-14-16-33(12)31(8,9)24-20-25-29(36-34(13,17-15-2)32(25,10)11)27(28(24)35-33)26-21(3)18-23(19-22(26)4)30(5,6)7/h18-20H,14-17H2,1-13H3. The van der Waals surface area contributed by atoms with Gasteiger partial charge in [0.1, 0.15) is 0 Å². The Morgan fingerprint density at radius 1 is 0.889 bits per heavy atom. The van der Waals surface area contributed by atoms with Crippen LogP contribution in [-0.2, 0) is 5.41 Å². The summed E-state index contributed by atoms with van der Waals surface area (Å²) in [6.45, 7) is 30.5. The predicted octanol–water partition coefficient (Wildman–Crippen LogP) is 9.84. The lowest BCUT2D eigenvalue weighted by Crippen LogP contribution is -2.40. The third-order valence-electron chi connectivity index (χ3n) is 10.2. The van der Waals surface area contributed by atoms with Gasteiger partial charge in [-0.2, -0.15) is 0 Å². The number of nitrogens with zero attached hydrogens (tertiary/aromatic N) is 2. The van der Waals surface area contributed by atoms with Crippen LogP contribution in [0.15, 0.2) is 34.5 Å². The Balaban J connectivity index is 2.06. The van der Waals surface area contributed by atoms with Crippen molar-refractivity contribution in [2.24, 2.45) is 15.8 Å². The molecule has 0 amide bonds. The molecule has 2 atom stereocenters. The maximum absolute atomic E-state index is 5.61. The van der Waals surface area contributed by atoms with E-state index in [2.05, 4.69) is 108 Å². The van der Waals surface area contributed by atoms with Gasteiger partial charge in [0, 0.05) is 16.9 Å². The zero-order valence-electron chi connectivity index (χ0n) is 25.5. The molecule has 2 heterocycles. The zero-order chi connectivity index (χ0) is 27.1. The molecule has 1 fully saturated rings. The molecule has 1 saturated heterocycles. The summed E-state index contributed by atoms with van der Waals surface area (Å²) in [5.74, 6) is 1.41. The van der Waals surface area contributed by atoms with E-state index < -0.39 is 0 Å². The number of hydrogen-bond acceptors (Lipinski definition) is 1. The number of allylic oxidation sites excluding steroid dienone is 2. The van der Waals surface area contributed by atoms with Crippen LogP contribution in [0.5, 0.6) is 0 Å². The maximum Gasteiger partial charge on any atom is 0.179 e. The molecular weight excluding hydrogens is 436 g/mol. The van der Waals surface area contributed by atoms with Gasteiger partial charge in [-0.1, -0.05) is 78.5 Å². The molecule has 1 aromatic carbocycles. The topological polar surface area (TPSA) is 26.5 Å². The van der Waals surface area contributed by atoms with Crippen molar-refractivity contribution in [2.45, 2.75) is 132 Å². The van der Waals surface area contributed by atoms with Crippen LogP contribution in [0.2, 0.25) is 0 Å². The van der Waals surface area contributed by atoms with Crippen LogP contribution in [0.3, 0.4) is 0 Å². The van der Waals surface area contributed by atoms with E-state index in [0.29, 0.717) is 0 Å². The van der Waals surface area contributed by atoms with E-state index in [4.69, 9.17) is 10.3 Å². The highest BCUT2D eigenvalue weighted by molar-refractivity contribution is 6.36. The van der Waals surface area contributed by atoms with Gasteiger partial charge in [-0.25, -0.2) is 4.99 Å². The van der Waals surface area contributed by atoms with E-state index in [1.54, 1.807) is 0 Å². The predicted molar refractivity (Wildman–Crippen MR) is 158 cm³/mol. The molecule has 1 aliphatic carbocycles. The fraction of sp³-hybridized carbons (Fsp3) is 0.647. The fourth-order valence-electron chi connectivity index (χ4n) is 6.94. The maximum atomic E-state index is 5.61. The van der Waals surface area contributed by atoms with Crippen LogP contribution in [0.1, 0.15) is 124 Å². The number of hydrogen-bond donors (Lipinski definition) is 0. The monoisotopic (exact) mass is 486 g/mol. The van der Waals surface area contributed by atoms with Crippen LogP contribution < -0.4 is 0 Å². The summed E-state index contributed by atoms with van der Waals surface area (Å²) in [6, 6.07) is 4.82. The zero-order valence-corrected chi connectivity index (χ0v) is 25.5. The van der Waals surface area contributed by atoms with Crippen molar-refractivity contribution in [3.8, 4) is 0 Å². The number of benzene rings is 1. The van der Waals surface area contributed by atoms with Gasteiger partial charge in [0.05, 0.1) is 28.2 Å². The minimum absolute atomic E-state index is 0.0326. The molecule has 0 saturated carbocycles. The third kappa shape index (κ3) is 3.64. The molecule has 0 radical (unpaired) electrons. The van der Waals surface area contributed by atoms with Gasteiger partial charge in [0.15, 0.2) is 5.71 Å². The van der Waals surface area contributed by atoms with Crippen molar-refractivity contribution in [3.63, 3.8) is 0 Å². The minimum atomic E-state index is -0.113. The summed E-state index contributed by atoms with van der Waals surface area (Å²) in [7, 11) is 0. The highest BCUT2D eigenvalue weighted by atomic mass is 15.1. The summed E-state index contributed by atoms with van der Waals surface area (Å²) >= 11 is 0. The van der Waals surface area contributed by atoms with Crippen LogP contribution in [0, 0.1) is 30.6 Å². The van der Waals surface area contributed by atoms with E-state index in [9.17, 15) is 0 Å². The number of rotatable bonds is 5. The highest BCUT2D eigenvalue weighted by Gasteiger charge is 2.60. The summed E-state index contributed by atoms with van der Waals surface area (Å²) in [4.78, 5) is 5.61. The first-order valence-corrected chi connectivity index (χ1v) is 14.2. The van der Waals surface area contributed by atoms with Gasteiger partial charge < -0.3 is 5.32 Å². The quantitative estimate of drug-likeness (QED) is 0.370. The third-order valence-corrected chi connectivity index (χ3v) is 10.2. The molecule has 0 spiro atoms. The van der Waals surface area contributed by atoms with Crippen LogP contribution in [0.4, 0.5) is 0 Å². The Kier molecular flexibility index (Phi) is 6.22. The second-order valence-corrected chi connectivity index (χ2v) is 14.3. The lowest BCUT2D eigenvalue weighted by Gasteiger charge is -2.46. The first-order chi connectivity index (χ1) is 16.4. The molecule has 36 heavy (non-hydrogen) atoms. The Morgan fingerprint density at radius 3 is 1.94 bits per heavy atom. The molecule has 2 nitrogen and oxygen atoms in total. The summed E-state index contributed by atoms with van der Waals surface area (Å²) in [6.07, 6.45) is 6.96. The van der Waals surface area contributed by atoms with E-state index >= 15 is 0 Å². The highest BCUT2D eigenvalue weighted by Crippen LogP contribution is 2.65. The molecule has 0 bridgehead atoms. The van der Waals surface area contributed by atoms with Crippen LogP contribution in [-0.4, -0.2) is 16.8 Å². The average Bonchev–Trinajstić information content (AvgIpc) is 3.05. The molecule has 0 aromatic heterocycles. The first kappa shape index (κ1) is 27.1. The normalized spacial score (nSPS) is 28.5. The van der Waals surface area contributed by atoms with E-state index in [0.717, 1.165) is 25.7 Å². The van der Waals surface area contributed by atoms with Crippen LogP contribution in [0.25, 0.3) is 10.9 Å². The van der Waals surface area contributed by atoms with Crippen LogP contribution >= 0.6 is 0 Å². The lowest BCUT2D eigenvalue weighted by atomic mass is 9.61. The number of fused-ring (bicyclic) bond motifs is 2. The Hall–Kier alpha value is -1.96. The van der Waals surface area contributed by atoms with E-state index in [1.165, 1.54) is 50.7 Å². The molecule has 2 unspecified atom stereocenters. The largest absolute Gasteiger partial charge is 0.653 e. The van der Waals surface area contributed by atoms with Gasteiger partial charge in [0.25, 0.3) is 0 Å². The van der Waals surface area contributed by atoms with E-state index in [-0.39, 0.29) is 27.3 Å². The average molecular weight is 487 g/mol. The molecular formula is C34H50N2. The van der Waals surface area contributed by atoms with Gasteiger partial charge in [0.2, 0.25) is 0 Å². The molecule has 4 rings (SSSR count). The van der Waals surface area contributed by atoms with Crippen molar-refractivity contribution >= 4 is 11.3 Å². The number of aliphatic imine (C=N–C) groups is 1. The Labute approximate surface area is 222 Å². The molecule has 0 N–H and O–H groups in total. The van der Waals surface area contributed by atoms with Gasteiger partial charge in [-0.3, -0.25) is 0 Å². The second kappa shape index (κ2) is 8.27. The summed E-state index contributed by atoms with van der Waals surface area (Å²) in [5, 5.41) is 5.61. The second-order valence-electron chi connectivity index (χ2n) is 14.3. The van der Waals surface area contributed by atoms with Crippen molar-refractivity contribution in [2.75, 3.05) is 0 Å². The molecule has 3 aliphatic rings. The number of aryl methyl sites for hydroxylation is 2. The van der Waals surface area contributed by atoms with Gasteiger partial charge in [-0.05, 0) is 82.7 Å². The SMILES string of the molecule is CCCC1(C)N=C2C(=C[C+]3C(=C2c2c(C)cc(C(C)(C)C)cc2C)[N-]C(C)(CCC)C3(C)C)C1(C)C. The first-order valence-electron chi connectivity index (χ1n) is 14.2. The smallest absolute Gasteiger partial charge is 0.179 e. The van der Waals surface area contributed by atoms with Gasteiger partial charge in [-0.15, -0.1) is 0 Å². The van der Waals surface area contributed by atoms with Gasteiger partial charge >= 0.3 is 0 Å². The summed E-state index contributed by atoms with van der Waals surface area (Å²) < 4.78 is 0. The van der Waals surface area contributed by atoms with Crippen molar-refractivity contribution in [1.29, 1.82) is 0 Å². The molecule has 2 aliphatic heterocycles. The van der Waals surface area contributed by atoms with Crippen molar-refractivity contribution < 1.29 is 0 Å². The Morgan fingerprint density at radius 2 is 1.44 bits per heavy atom. The molecule has 1 aromatic rings. The van der Waals surface area contributed by atoms with E-state index in [1.807, 2.05) is 0 Å². The molecule has 2 heteroatoms. The van der Waals surface area contributed by atoms with Crippen molar-refractivity contribution in [1.82, 2.24) is 0 Å². The fourth-order valence-corrected chi connectivity index (χ4v) is 6.94.